The third kappa shape index (κ3) is 6.55. The molecule has 0 aliphatic heterocycles. The summed E-state index contributed by atoms with van der Waals surface area (Å²) in [4.78, 5) is 3.55. The van der Waals surface area contributed by atoms with Crippen molar-refractivity contribution in [2.24, 2.45) is 0 Å². The van der Waals surface area contributed by atoms with Gasteiger partial charge in [0.1, 0.15) is 0 Å². The van der Waals surface area contributed by atoms with Crippen LogP contribution in [-0.2, 0) is 5.54 Å². The molecule has 0 amide bonds. The monoisotopic (exact) mass is 868 g/mol. The second-order valence-electron chi connectivity index (χ2n) is 19.3. The number of nitrogens with one attached hydrogen (secondary N) is 1. The molecule has 0 fully saturated rings. The maximum absolute atomic E-state index is 3.55. The summed E-state index contributed by atoms with van der Waals surface area (Å²) in [7, 11) is 0. The average Bonchev–Trinajstić information content (AvgIpc) is 3.94. The molecule has 0 spiro atoms. The molecule has 13 rings (SSSR count). The zero-order valence-corrected chi connectivity index (χ0v) is 38.4. The summed E-state index contributed by atoms with van der Waals surface area (Å²) >= 11 is 0. The van der Waals surface area contributed by atoms with Crippen LogP contribution in [0.2, 0.25) is 0 Å². The number of benzene rings is 11. The largest absolute Gasteiger partial charge is 0.355 e. The van der Waals surface area contributed by atoms with E-state index in [0.717, 1.165) is 0 Å². The van der Waals surface area contributed by atoms with Crippen molar-refractivity contribution in [2.75, 3.05) is 0 Å². The highest BCUT2D eigenvalue weighted by Crippen LogP contribution is 2.45. The van der Waals surface area contributed by atoms with Gasteiger partial charge in [0.2, 0.25) is 0 Å². The highest BCUT2D eigenvalue weighted by molar-refractivity contribution is 6.21. The summed E-state index contributed by atoms with van der Waals surface area (Å²) in [5, 5.41) is 10.1. The van der Waals surface area contributed by atoms with Gasteiger partial charge in [-0.3, -0.25) is 0 Å². The molecular weight excluding hydrogens is 821 g/mol. The predicted octanol–water partition coefficient (Wildman–Crippen LogP) is 18.5. The van der Waals surface area contributed by atoms with Crippen LogP contribution >= 0.6 is 0 Å². The van der Waals surface area contributed by atoms with Gasteiger partial charge in [0.05, 0.1) is 0 Å². The van der Waals surface area contributed by atoms with E-state index in [9.17, 15) is 0 Å². The van der Waals surface area contributed by atoms with E-state index in [0.29, 0.717) is 0 Å². The molecule has 0 saturated heterocycles. The SMILES string of the molecule is CC(C)(C)n1c2ccccc2c2cc(-c3ccc(-c4ccc(-c5c6ccccc6c(-c6ccc(-c7ccc(-c8ccc9[nH]c%10ccccc%10c9c8)cc7)cc6)c6ccccc56)cc4)cc3)ccc21. The van der Waals surface area contributed by atoms with E-state index in [-0.39, 0.29) is 5.54 Å². The van der Waals surface area contributed by atoms with Gasteiger partial charge >= 0.3 is 0 Å². The smallest absolute Gasteiger partial charge is 0.0496 e. The van der Waals surface area contributed by atoms with Crippen LogP contribution in [0.5, 0.6) is 0 Å². The van der Waals surface area contributed by atoms with Crippen molar-refractivity contribution in [1.82, 2.24) is 9.55 Å². The maximum Gasteiger partial charge on any atom is 0.0496 e. The molecule has 2 heteroatoms. The normalized spacial score (nSPS) is 12.0. The first-order valence-corrected chi connectivity index (χ1v) is 23.7. The second-order valence-corrected chi connectivity index (χ2v) is 19.3. The molecule has 0 radical (unpaired) electrons. The van der Waals surface area contributed by atoms with Crippen LogP contribution in [0.3, 0.4) is 0 Å². The van der Waals surface area contributed by atoms with E-state index in [1.54, 1.807) is 0 Å². The molecule has 11 aromatic carbocycles. The Morgan fingerprint density at radius 2 is 0.588 bits per heavy atom. The van der Waals surface area contributed by atoms with Gasteiger partial charge in [0.15, 0.2) is 0 Å². The second kappa shape index (κ2) is 15.6. The maximum atomic E-state index is 3.55. The number of hydrogen-bond acceptors (Lipinski definition) is 0. The topological polar surface area (TPSA) is 20.7 Å². The molecule has 0 atom stereocenters. The van der Waals surface area contributed by atoms with Crippen LogP contribution in [-0.4, -0.2) is 9.55 Å². The van der Waals surface area contributed by atoms with Gasteiger partial charge in [-0.15, -0.1) is 0 Å². The lowest BCUT2D eigenvalue weighted by Gasteiger charge is -2.24. The van der Waals surface area contributed by atoms with Gasteiger partial charge in [0, 0.05) is 49.2 Å². The lowest BCUT2D eigenvalue weighted by atomic mass is 9.85. The molecule has 322 valence electrons. The van der Waals surface area contributed by atoms with Gasteiger partial charge in [0.25, 0.3) is 0 Å². The van der Waals surface area contributed by atoms with Crippen LogP contribution in [0, 0.1) is 0 Å². The Hall–Kier alpha value is -8.46. The van der Waals surface area contributed by atoms with Gasteiger partial charge in [-0.25, -0.2) is 0 Å². The third-order valence-electron chi connectivity index (χ3n) is 14.2. The number of rotatable bonds is 6. The molecule has 0 aliphatic carbocycles. The van der Waals surface area contributed by atoms with Gasteiger partial charge in [-0.2, -0.15) is 0 Å². The van der Waals surface area contributed by atoms with Gasteiger partial charge < -0.3 is 9.55 Å². The van der Waals surface area contributed by atoms with Crippen molar-refractivity contribution in [3.05, 3.63) is 231 Å². The molecule has 68 heavy (non-hydrogen) atoms. The molecule has 2 nitrogen and oxygen atoms in total. The summed E-state index contributed by atoms with van der Waals surface area (Å²) in [6, 6.07) is 85.2. The van der Waals surface area contributed by atoms with E-state index in [2.05, 4.69) is 261 Å². The lowest BCUT2D eigenvalue weighted by Crippen LogP contribution is -2.21. The highest BCUT2D eigenvalue weighted by atomic mass is 15.0. The van der Waals surface area contributed by atoms with Crippen LogP contribution in [0.4, 0.5) is 0 Å². The summed E-state index contributed by atoms with van der Waals surface area (Å²) in [6.45, 7) is 6.85. The van der Waals surface area contributed by atoms with Gasteiger partial charge in [-0.05, 0) is 145 Å². The van der Waals surface area contributed by atoms with Crippen molar-refractivity contribution in [3.63, 3.8) is 0 Å². The number of aromatic amines is 1. The van der Waals surface area contributed by atoms with Crippen molar-refractivity contribution in [1.29, 1.82) is 0 Å². The number of fused-ring (bicyclic) bond motifs is 8. The highest BCUT2D eigenvalue weighted by Gasteiger charge is 2.21. The first kappa shape index (κ1) is 39.9. The molecule has 2 heterocycles. The quantitative estimate of drug-likeness (QED) is 0.161. The summed E-state index contributed by atoms with van der Waals surface area (Å²) in [5.74, 6) is 0. The molecule has 0 bridgehead atoms. The molecule has 13 aromatic rings. The van der Waals surface area contributed by atoms with Crippen molar-refractivity contribution >= 4 is 65.2 Å². The Morgan fingerprint density at radius 3 is 1.06 bits per heavy atom. The number of aromatic nitrogens is 2. The van der Waals surface area contributed by atoms with Crippen molar-refractivity contribution in [2.45, 2.75) is 26.3 Å². The van der Waals surface area contributed by atoms with Crippen LogP contribution in [0.25, 0.3) is 132 Å². The predicted molar refractivity (Wildman–Crippen MR) is 291 cm³/mol. The third-order valence-corrected chi connectivity index (χ3v) is 14.2. The number of nitrogens with zero attached hydrogens (tertiary/aromatic N) is 1. The summed E-state index contributed by atoms with van der Waals surface area (Å²) < 4.78 is 2.47. The lowest BCUT2D eigenvalue weighted by molar-refractivity contribution is 0.423. The molecule has 0 unspecified atom stereocenters. The average molecular weight is 869 g/mol. The van der Waals surface area contributed by atoms with Crippen molar-refractivity contribution < 1.29 is 0 Å². The molecule has 2 aromatic heterocycles. The minimum Gasteiger partial charge on any atom is -0.355 e. The summed E-state index contributed by atoms with van der Waals surface area (Å²) in [5.41, 5.74) is 19.5. The minimum atomic E-state index is -0.0232. The standard InChI is InChI=1S/C66H48N2/c1-66(2,3)68-62-19-11-9-13-53(62)59-41-51(37-39-63(59)68)47-26-22-43(23-27-47)45-30-34-49(35-31-45)65-56-16-6-4-14-54(56)64(55-15-5-7-17-57(55)65)48-32-28-44(29-33-48)42-20-24-46(25-21-42)50-36-38-61-58(40-50)52-12-8-10-18-60(52)67-61/h4-41,67H,1-3H3. The zero-order valence-electron chi connectivity index (χ0n) is 38.4. The Balaban J connectivity index is 0.799. The van der Waals surface area contributed by atoms with Crippen LogP contribution in [0.15, 0.2) is 231 Å². The first-order valence-electron chi connectivity index (χ1n) is 23.7. The van der Waals surface area contributed by atoms with Gasteiger partial charge in [-0.1, -0.05) is 194 Å². The van der Waals surface area contributed by atoms with E-state index >= 15 is 0 Å². The van der Waals surface area contributed by atoms with E-state index < -0.39 is 0 Å². The van der Waals surface area contributed by atoms with Crippen LogP contribution in [0.1, 0.15) is 20.8 Å². The number of hydrogen-bond donors (Lipinski definition) is 1. The molecule has 1 N–H and O–H groups in total. The Labute approximate surface area is 396 Å². The van der Waals surface area contributed by atoms with Crippen molar-refractivity contribution in [3.8, 4) is 66.8 Å². The fourth-order valence-corrected chi connectivity index (χ4v) is 11.0. The molecule has 0 aliphatic rings. The molecule has 0 saturated carbocycles. The Bertz CT molecular complexity index is 4010. The van der Waals surface area contributed by atoms with E-state index in [4.69, 9.17) is 0 Å². The Morgan fingerprint density at radius 1 is 0.265 bits per heavy atom. The summed E-state index contributed by atoms with van der Waals surface area (Å²) in [6.07, 6.45) is 0. The van der Waals surface area contributed by atoms with E-state index in [1.807, 2.05) is 0 Å². The molecular formula is C66H48N2. The zero-order chi connectivity index (χ0) is 45.5. The fraction of sp³-hybridized carbons (Fsp3) is 0.0606. The number of para-hydroxylation sites is 2. The first-order chi connectivity index (χ1) is 33.3. The minimum absolute atomic E-state index is 0.0232. The fourth-order valence-electron chi connectivity index (χ4n) is 11.0. The number of H-pyrrole nitrogens is 1. The van der Waals surface area contributed by atoms with Crippen LogP contribution < -0.4 is 0 Å². The Kier molecular flexibility index (Phi) is 9.13. The van der Waals surface area contributed by atoms with E-state index in [1.165, 1.54) is 132 Å².